The number of amides is 1. The van der Waals surface area contributed by atoms with Crippen molar-refractivity contribution in [3.05, 3.63) is 40.0 Å². The molecule has 0 aromatic carbocycles. The SMILES string of the molecule is CCNC(=NCc1ncc(CC)s1)NCCC(=O)Nc1cccc(C)n1. The molecular formula is C18H26N6OS. The molecule has 3 N–H and O–H groups in total. The van der Waals surface area contributed by atoms with Gasteiger partial charge < -0.3 is 16.0 Å². The monoisotopic (exact) mass is 374 g/mol. The van der Waals surface area contributed by atoms with Crippen LogP contribution in [0.1, 0.15) is 35.8 Å². The fraction of sp³-hybridized carbons (Fsp3) is 0.444. The molecule has 7 nitrogen and oxygen atoms in total. The quantitative estimate of drug-likeness (QED) is 0.488. The Kier molecular flexibility index (Phi) is 8.01. The summed E-state index contributed by atoms with van der Waals surface area (Å²) in [5, 5.41) is 10.1. The van der Waals surface area contributed by atoms with Crippen molar-refractivity contribution in [1.82, 2.24) is 20.6 Å². The molecule has 0 radical (unpaired) electrons. The number of rotatable bonds is 8. The molecular weight excluding hydrogens is 348 g/mol. The number of thiazole rings is 1. The van der Waals surface area contributed by atoms with Crippen molar-refractivity contribution in [2.24, 2.45) is 4.99 Å². The van der Waals surface area contributed by atoms with Gasteiger partial charge in [-0.25, -0.2) is 15.0 Å². The van der Waals surface area contributed by atoms with E-state index in [4.69, 9.17) is 0 Å². The number of pyridine rings is 1. The second-order valence-electron chi connectivity index (χ2n) is 5.66. The molecule has 2 heterocycles. The summed E-state index contributed by atoms with van der Waals surface area (Å²) in [7, 11) is 0. The topological polar surface area (TPSA) is 91.3 Å². The van der Waals surface area contributed by atoms with Gasteiger partial charge in [0.15, 0.2) is 5.96 Å². The second kappa shape index (κ2) is 10.5. The van der Waals surface area contributed by atoms with Crippen LogP contribution >= 0.6 is 11.3 Å². The lowest BCUT2D eigenvalue weighted by Crippen LogP contribution is -2.38. The van der Waals surface area contributed by atoms with Gasteiger partial charge >= 0.3 is 0 Å². The van der Waals surface area contributed by atoms with Crippen LogP contribution in [0.25, 0.3) is 0 Å². The molecule has 0 unspecified atom stereocenters. The standard InChI is InChI=1S/C18H26N6OS/c1-4-14-11-21-17(26-14)12-22-18(19-5-2)20-10-9-16(25)24-15-8-6-7-13(3)23-15/h6-8,11H,4-5,9-10,12H2,1-3H3,(H2,19,20,22)(H,23,24,25). The molecule has 0 spiro atoms. The predicted octanol–water partition coefficient (Wildman–Crippen LogP) is 2.49. The van der Waals surface area contributed by atoms with Gasteiger partial charge in [-0.3, -0.25) is 4.79 Å². The summed E-state index contributed by atoms with van der Waals surface area (Å²) in [6, 6.07) is 5.54. The Hall–Kier alpha value is -2.48. The first-order valence-electron chi connectivity index (χ1n) is 8.80. The number of carbonyl (C=O) groups is 1. The number of anilines is 1. The third-order valence-electron chi connectivity index (χ3n) is 3.47. The normalized spacial score (nSPS) is 11.3. The Balaban J connectivity index is 1.79. The summed E-state index contributed by atoms with van der Waals surface area (Å²) in [4.78, 5) is 26.4. The van der Waals surface area contributed by atoms with Crippen LogP contribution in [0.3, 0.4) is 0 Å². The van der Waals surface area contributed by atoms with E-state index in [2.05, 4.69) is 37.8 Å². The summed E-state index contributed by atoms with van der Waals surface area (Å²) < 4.78 is 0. The minimum atomic E-state index is -0.0843. The highest BCUT2D eigenvalue weighted by Gasteiger charge is 2.05. The lowest BCUT2D eigenvalue weighted by molar-refractivity contribution is -0.116. The van der Waals surface area contributed by atoms with E-state index in [0.29, 0.717) is 31.3 Å². The smallest absolute Gasteiger partial charge is 0.227 e. The number of hydrogen-bond acceptors (Lipinski definition) is 5. The molecule has 0 saturated heterocycles. The van der Waals surface area contributed by atoms with Gasteiger partial charge in [0.2, 0.25) is 5.91 Å². The van der Waals surface area contributed by atoms with E-state index in [1.54, 1.807) is 17.4 Å². The molecule has 0 aliphatic heterocycles. The molecule has 8 heteroatoms. The fourth-order valence-electron chi connectivity index (χ4n) is 2.19. The molecule has 0 aliphatic rings. The van der Waals surface area contributed by atoms with Gasteiger partial charge in [0.05, 0.1) is 6.54 Å². The summed E-state index contributed by atoms with van der Waals surface area (Å²) in [6.07, 6.45) is 3.22. The number of nitrogens with one attached hydrogen (secondary N) is 3. The lowest BCUT2D eigenvalue weighted by atomic mass is 10.3. The second-order valence-corrected chi connectivity index (χ2v) is 6.86. The predicted molar refractivity (Wildman–Crippen MR) is 107 cm³/mol. The summed E-state index contributed by atoms with van der Waals surface area (Å²) in [6.45, 7) is 7.78. The van der Waals surface area contributed by atoms with Crippen molar-refractivity contribution in [2.75, 3.05) is 18.4 Å². The Morgan fingerprint density at radius 3 is 2.81 bits per heavy atom. The zero-order valence-corrected chi connectivity index (χ0v) is 16.3. The van der Waals surface area contributed by atoms with Crippen LogP contribution in [0.2, 0.25) is 0 Å². The number of guanidine groups is 1. The van der Waals surface area contributed by atoms with Crippen LogP contribution in [-0.2, 0) is 17.8 Å². The van der Waals surface area contributed by atoms with Gasteiger partial charge in [0.25, 0.3) is 0 Å². The molecule has 0 saturated carbocycles. The van der Waals surface area contributed by atoms with Crippen molar-refractivity contribution in [1.29, 1.82) is 0 Å². The maximum Gasteiger partial charge on any atom is 0.227 e. The van der Waals surface area contributed by atoms with Crippen molar-refractivity contribution in [3.8, 4) is 0 Å². The Labute approximate surface area is 158 Å². The number of aliphatic imine (C=N–C) groups is 1. The van der Waals surface area contributed by atoms with E-state index in [9.17, 15) is 4.79 Å². The molecule has 2 aromatic rings. The van der Waals surface area contributed by atoms with Gasteiger partial charge in [-0.15, -0.1) is 11.3 Å². The zero-order chi connectivity index (χ0) is 18.8. The largest absolute Gasteiger partial charge is 0.357 e. The van der Waals surface area contributed by atoms with Crippen LogP contribution in [0.5, 0.6) is 0 Å². The molecule has 0 aliphatic carbocycles. The summed E-state index contributed by atoms with van der Waals surface area (Å²) in [5.41, 5.74) is 0.871. The first kappa shape index (κ1) is 19.8. The van der Waals surface area contributed by atoms with E-state index >= 15 is 0 Å². The van der Waals surface area contributed by atoms with Gasteiger partial charge in [0, 0.05) is 36.3 Å². The van der Waals surface area contributed by atoms with E-state index in [1.807, 2.05) is 32.2 Å². The van der Waals surface area contributed by atoms with Crippen molar-refractivity contribution in [2.45, 2.75) is 40.2 Å². The van der Waals surface area contributed by atoms with Crippen molar-refractivity contribution in [3.63, 3.8) is 0 Å². The van der Waals surface area contributed by atoms with E-state index in [0.717, 1.165) is 23.7 Å². The lowest BCUT2D eigenvalue weighted by Gasteiger charge is -2.11. The highest BCUT2D eigenvalue weighted by atomic mass is 32.1. The number of aromatic nitrogens is 2. The first-order chi connectivity index (χ1) is 12.6. The van der Waals surface area contributed by atoms with Crippen LogP contribution in [0, 0.1) is 6.92 Å². The fourth-order valence-corrected chi connectivity index (χ4v) is 2.97. The number of hydrogen-bond donors (Lipinski definition) is 3. The highest BCUT2D eigenvalue weighted by molar-refractivity contribution is 7.11. The molecule has 0 bridgehead atoms. The van der Waals surface area contributed by atoms with Crippen LogP contribution in [0.4, 0.5) is 5.82 Å². The molecule has 26 heavy (non-hydrogen) atoms. The summed E-state index contributed by atoms with van der Waals surface area (Å²) in [5.74, 6) is 1.17. The minimum Gasteiger partial charge on any atom is -0.357 e. The van der Waals surface area contributed by atoms with E-state index in [1.165, 1.54) is 4.88 Å². The van der Waals surface area contributed by atoms with Crippen molar-refractivity contribution >= 4 is 29.0 Å². The maximum absolute atomic E-state index is 12.0. The maximum atomic E-state index is 12.0. The molecule has 0 atom stereocenters. The van der Waals surface area contributed by atoms with Crippen LogP contribution in [-0.4, -0.2) is 34.9 Å². The minimum absolute atomic E-state index is 0.0843. The van der Waals surface area contributed by atoms with Crippen molar-refractivity contribution < 1.29 is 4.79 Å². The first-order valence-corrected chi connectivity index (χ1v) is 9.61. The third kappa shape index (κ3) is 6.79. The average molecular weight is 375 g/mol. The molecule has 140 valence electrons. The van der Waals surface area contributed by atoms with Gasteiger partial charge in [0.1, 0.15) is 10.8 Å². The molecule has 2 aromatic heterocycles. The zero-order valence-electron chi connectivity index (χ0n) is 15.5. The molecule has 2 rings (SSSR count). The average Bonchev–Trinajstić information content (AvgIpc) is 3.08. The van der Waals surface area contributed by atoms with Crippen LogP contribution < -0.4 is 16.0 Å². The third-order valence-corrected chi connectivity index (χ3v) is 4.59. The summed E-state index contributed by atoms with van der Waals surface area (Å²) >= 11 is 1.68. The van der Waals surface area contributed by atoms with Crippen LogP contribution in [0.15, 0.2) is 29.4 Å². The number of carbonyl (C=O) groups excluding carboxylic acids is 1. The highest BCUT2D eigenvalue weighted by Crippen LogP contribution is 2.13. The Morgan fingerprint density at radius 2 is 2.12 bits per heavy atom. The van der Waals surface area contributed by atoms with E-state index in [-0.39, 0.29) is 5.91 Å². The molecule has 1 amide bonds. The number of nitrogens with zero attached hydrogens (tertiary/aromatic N) is 3. The van der Waals surface area contributed by atoms with Gasteiger partial charge in [-0.05, 0) is 32.4 Å². The molecule has 0 fully saturated rings. The van der Waals surface area contributed by atoms with Gasteiger partial charge in [-0.2, -0.15) is 0 Å². The Bertz CT molecular complexity index is 743. The van der Waals surface area contributed by atoms with Gasteiger partial charge in [-0.1, -0.05) is 13.0 Å². The van der Waals surface area contributed by atoms with E-state index < -0.39 is 0 Å². The number of aryl methyl sites for hydroxylation is 2. The Morgan fingerprint density at radius 1 is 1.27 bits per heavy atom.